The fourth-order valence-electron chi connectivity index (χ4n) is 4.95. The molecule has 1 aromatic heterocycles. The van der Waals surface area contributed by atoms with E-state index in [-0.39, 0.29) is 11.3 Å². The zero-order chi connectivity index (χ0) is 19.0. The number of likely N-dealkylation sites (tertiary alicyclic amines) is 3. The topological polar surface area (TPSA) is 61.7 Å². The molecule has 0 radical (unpaired) electrons. The van der Waals surface area contributed by atoms with E-state index in [0.717, 1.165) is 65.0 Å². The average molecular weight is 374 g/mol. The van der Waals surface area contributed by atoms with Crippen molar-refractivity contribution in [2.45, 2.75) is 51.6 Å². The third kappa shape index (κ3) is 3.61. The van der Waals surface area contributed by atoms with E-state index in [1.165, 1.54) is 0 Å². The monoisotopic (exact) mass is 373 g/mol. The molecular weight excluding hydrogens is 342 g/mol. The molecule has 3 fully saturated rings. The standard InChI is InChI=1S/C20H31N5O2/c1-3-24-11-6-17(21-24)19(27)23-12-8-20(9-13-23)7-4-18(26)25(15-20)16-5-10-22(2)14-16/h6,11,16H,3-5,7-10,12-15H2,1-2H3/t16-/m0/s1. The molecule has 7 nitrogen and oxygen atoms in total. The van der Waals surface area contributed by atoms with Crippen LogP contribution in [0.3, 0.4) is 0 Å². The highest BCUT2D eigenvalue weighted by atomic mass is 16.2. The molecule has 1 spiro atoms. The quantitative estimate of drug-likeness (QED) is 0.805. The van der Waals surface area contributed by atoms with Crippen molar-refractivity contribution in [3.05, 3.63) is 18.0 Å². The highest BCUT2D eigenvalue weighted by molar-refractivity contribution is 5.92. The number of piperidine rings is 2. The van der Waals surface area contributed by atoms with Gasteiger partial charge in [0.05, 0.1) is 0 Å². The molecule has 3 aliphatic heterocycles. The lowest BCUT2D eigenvalue weighted by molar-refractivity contribution is -0.141. The predicted molar refractivity (Wildman–Crippen MR) is 102 cm³/mol. The molecular formula is C20H31N5O2. The fourth-order valence-corrected chi connectivity index (χ4v) is 4.95. The van der Waals surface area contributed by atoms with Crippen molar-refractivity contribution in [1.29, 1.82) is 0 Å². The minimum absolute atomic E-state index is 0.0400. The zero-order valence-corrected chi connectivity index (χ0v) is 16.6. The Morgan fingerprint density at radius 2 is 2.04 bits per heavy atom. The van der Waals surface area contributed by atoms with E-state index in [1.54, 1.807) is 4.68 Å². The van der Waals surface area contributed by atoms with E-state index in [1.807, 2.05) is 24.1 Å². The smallest absolute Gasteiger partial charge is 0.274 e. The van der Waals surface area contributed by atoms with E-state index in [0.29, 0.717) is 24.1 Å². The van der Waals surface area contributed by atoms with Crippen molar-refractivity contribution in [3.8, 4) is 0 Å². The molecule has 0 saturated carbocycles. The molecule has 2 amide bonds. The Morgan fingerprint density at radius 3 is 2.67 bits per heavy atom. The summed E-state index contributed by atoms with van der Waals surface area (Å²) in [7, 11) is 2.13. The van der Waals surface area contributed by atoms with Crippen LogP contribution in [0.5, 0.6) is 0 Å². The highest BCUT2D eigenvalue weighted by Gasteiger charge is 2.44. The van der Waals surface area contributed by atoms with Crippen molar-refractivity contribution in [3.63, 3.8) is 0 Å². The van der Waals surface area contributed by atoms with Gasteiger partial charge in [-0.05, 0) is 57.7 Å². The van der Waals surface area contributed by atoms with E-state index >= 15 is 0 Å². The molecule has 1 aromatic rings. The van der Waals surface area contributed by atoms with Crippen molar-refractivity contribution >= 4 is 11.8 Å². The molecule has 0 N–H and O–H groups in total. The van der Waals surface area contributed by atoms with E-state index < -0.39 is 0 Å². The molecule has 148 valence electrons. The first-order chi connectivity index (χ1) is 13.0. The maximum absolute atomic E-state index is 12.7. The number of nitrogens with zero attached hydrogens (tertiary/aromatic N) is 5. The summed E-state index contributed by atoms with van der Waals surface area (Å²) < 4.78 is 1.79. The Hall–Kier alpha value is -1.89. The third-order valence-corrected chi connectivity index (χ3v) is 6.80. The van der Waals surface area contributed by atoms with E-state index in [4.69, 9.17) is 0 Å². The van der Waals surface area contributed by atoms with Crippen LogP contribution >= 0.6 is 0 Å². The van der Waals surface area contributed by atoms with Gasteiger partial charge in [0, 0.05) is 51.4 Å². The van der Waals surface area contributed by atoms with Crippen molar-refractivity contribution in [1.82, 2.24) is 24.5 Å². The second kappa shape index (κ2) is 7.26. The van der Waals surface area contributed by atoms with Crippen LogP contribution in [-0.4, -0.2) is 82.1 Å². The highest BCUT2D eigenvalue weighted by Crippen LogP contribution is 2.41. The third-order valence-electron chi connectivity index (χ3n) is 6.80. The number of carbonyl (C=O) groups is 2. The first-order valence-electron chi connectivity index (χ1n) is 10.3. The lowest BCUT2D eigenvalue weighted by Crippen LogP contribution is -2.55. The molecule has 0 aliphatic carbocycles. The normalized spacial score (nSPS) is 26.1. The lowest BCUT2D eigenvalue weighted by atomic mass is 9.72. The average Bonchev–Trinajstić information content (AvgIpc) is 3.33. The van der Waals surface area contributed by atoms with Crippen LogP contribution < -0.4 is 0 Å². The van der Waals surface area contributed by atoms with Gasteiger partial charge >= 0.3 is 0 Å². The van der Waals surface area contributed by atoms with Gasteiger partial charge in [-0.2, -0.15) is 5.10 Å². The van der Waals surface area contributed by atoms with Gasteiger partial charge in [-0.1, -0.05) is 0 Å². The molecule has 7 heteroatoms. The molecule has 4 rings (SSSR count). The summed E-state index contributed by atoms with van der Waals surface area (Å²) in [5.74, 6) is 0.364. The molecule has 3 saturated heterocycles. The molecule has 0 bridgehead atoms. The largest absolute Gasteiger partial charge is 0.338 e. The van der Waals surface area contributed by atoms with Gasteiger partial charge in [0.1, 0.15) is 5.69 Å². The second-order valence-electron chi connectivity index (χ2n) is 8.58. The number of rotatable bonds is 3. The molecule has 0 aromatic carbocycles. The first kappa shape index (κ1) is 18.5. The van der Waals surface area contributed by atoms with Crippen LogP contribution in [0.1, 0.15) is 49.5 Å². The summed E-state index contributed by atoms with van der Waals surface area (Å²) in [6.07, 6.45) is 6.55. The molecule has 0 unspecified atom stereocenters. The van der Waals surface area contributed by atoms with E-state index in [9.17, 15) is 9.59 Å². The van der Waals surface area contributed by atoms with Crippen molar-refractivity contribution in [2.24, 2.45) is 5.41 Å². The van der Waals surface area contributed by atoms with Crippen LogP contribution in [0.15, 0.2) is 12.3 Å². The van der Waals surface area contributed by atoms with Crippen LogP contribution in [-0.2, 0) is 11.3 Å². The predicted octanol–water partition coefficient (Wildman–Crippen LogP) is 1.45. The number of hydrogen-bond acceptors (Lipinski definition) is 4. The SMILES string of the molecule is CCn1ccc(C(=O)N2CCC3(CCC(=O)N([C@H]4CCN(C)C4)C3)CC2)n1. The number of amides is 2. The minimum atomic E-state index is 0.0400. The Bertz CT molecular complexity index is 707. The summed E-state index contributed by atoms with van der Waals surface area (Å²) in [6.45, 7) is 7.27. The van der Waals surface area contributed by atoms with Gasteiger partial charge in [-0.25, -0.2) is 0 Å². The number of carbonyl (C=O) groups excluding carboxylic acids is 2. The van der Waals surface area contributed by atoms with Gasteiger partial charge in [0.25, 0.3) is 5.91 Å². The fraction of sp³-hybridized carbons (Fsp3) is 0.750. The number of likely N-dealkylation sites (N-methyl/N-ethyl adjacent to an activating group) is 1. The maximum atomic E-state index is 12.7. The van der Waals surface area contributed by atoms with E-state index in [2.05, 4.69) is 21.9 Å². The summed E-state index contributed by atoms with van der Waals surface area (Å²) in [5.41, 5.74) is 0.733. The summed E-state index contributed by atoms with van der Waals surface area (Å²) >= 11 is 0. The van der Waals surface area contributed by atoms with Crippen LogP contribution in [0, 0.1) is 5.41 Å². The van der Waals surface area contributed by atoms with Gasteiger partial charge in [0.2, 0.25) is 5.91 Å². The second-order valence-corrected chi connectivity index (χ2v) is 8.58. The maximum Gasteiger partial charge on any atom is 0.274 e. The molecule has 3 aliphatic rings. The molecule has 4 heterocycles. The van der Waals surface area contributed by atoms with Gasteiger partial charge in [0.15, 0.2) is 0 Å². The summed E-state index contributed by atoms with van der Waals surface area (Å²) in [6, 6.07) is 2.19. The van der Waals surface area contributed by atoms with Gasteiger partial charge < -0.3 is 14.7 Å². The molecule has 1 atom stereocenters. The van der Waals surface area contributed by atoms with Crippen molar-refractivity contribution in [2.75, 3.05) is 39.8 Å². The Morgan fingerprint density at radius 1 is 1.26 bits per heavy atom. The Balaban J connectivity index is 1.38. The number of aromatic nitrogens is 2. The summed E-state index contributed by atoms with van der Waals surface area (Å²) in [5, 5.41) is 4.36. The lowest BCUT2D eigenvalue weighted by Gasteiger charge is -2.48. The zero-order valence-electron chi connectivity index (χ0n) is 16.6. The minimum Gasteiger partial charge on any atom is -0.338 e. The van der Waals surface area contributed by atoms with Gasteiger partial charge in [-0.15, -0.1) is 0 Å². The van der Waals surface area contributed by atoms with Crippen LogP contribution in [0.25, 0.3) is 0 Å². The number of aryl methyl sites for hydroxylation is 1. The van der Waals surface area contributed by atoms with Gasteiger partial charge in [-0.3, -0.25) is 14.3 Å². The first-order valence-corrected chi connectivity index (χ1v) is 10.3. The molecule has 27 heavy (non-hydrogen) atoms. The number of hydrogen-bond donors (Lipinski definition) is 0. The summed E-state index contributed by atoms with van der Waals surface area (Å²) in [4.78, 5) is 31.7. The Kier molecular flexibility index (Phi) is 4.97. The van der Waals surface area contributed by atoms with Crippen LogP contribution in [0.4, 0.5) is 0 Å². The van der Waals surface area contributed by atoms with Crippen molar-refractivity contribution < 1.29 is 9.59 Å². The van der Waals surface area contributed by atoms with Crippen LogP contribution in [0.2, 0.25) is 0 Å². The Labute approximate surface area is 161 Å².